The minimum atomic E-state index is 0.955. The van der Waals surface area contributed by atoms with E-state index in [4.69, 9.17) is 0 Å². The first-order chi connectivity index (χ1) is 8.88. The number of para-hydroxylation sites is 1. The number of hydrogen-bond donors (Lipinski definition) is 0. The molecule has 2 heteroatoms. The zero-order valence-corrected chi connectivity index (χ0v) is 12.5. The Morgan fingerprint density at radius 2 is 1.83 bits per heavy atom. The van der Waals surface area contributed by atoms with E-state index in [2.05, 4.69) is 45.1 Å². The fourth-order valence-corrected chi connectivity index (χ4v) is 4.23. The summed E-state index contributed by atoms with van der Waals surface area (Å²) in [4.78, 5) is 2.63. The zero-order chi connectivity index (χ0) is 12.4. The van der Waals surface area contributed by atoms with Crippen LogP contribution in [-0.2, 0) is 5.33 Å². The fraction of sp³-hybridized carbons (Fsp3) is 0.625. The predicted octanol–water partition coefficient (Wildman–Crippen LogP) is 4.60. The van der Waals surface area contributed by atoms with Crippen molar-refractivity contribution in [3.63, 3.8) is 0 Å². The Bertz CT molecular complexity index is 404. The number of nitrogens with zero attached hydrogens (tertiary/aromatic N) is 1. The Morgan fingerprint density at radius 3 is 2.67 bits per heavy atom. The van der Waals surface area contributed by atoms with Gasteiger partial charge in [-0.15, -0.1) is 0 Å². The van der Waals surface area contributed by atoms with Gasteiger partial charge >= 0.3 is 0 Å². The number of hydrogen-bond acceptors (Lipinski definition) is 1. The number of anilines is 1. The van der Waals surface area contributed by atoms with Gasteiger partial charge in [-0.25, -0.2) is 0 Å². The van der Waals surface area contributed by atoms with Crippen molar-refractivity contribution in [2.24, 2.45) is 11.8 Å². The lowest BCUT2D eigenvalue weighted by molar-refractivity contribution is 0.202. The molecule has 1 aliphatic carbocycles. The first-order valence-corrected chi connectivity index (χ1v) is 8.39. The van der Waals surface area contributed by atoms with Gasteiger partial charge in [0.25, 0.3) is 0 Å². The molecule has 1 saturated heterocycles. The Hall–Kier alpha value is -0.500. The highest BCUT2D eigenvalue weighted by Crippen LogP contribution is 2.38. The van der Waals surface area contributed by atoms with Gasteiger partial charge < -0.3 is 4.90 Å². The maximum Gasteiger partial charge on any atom is 0.0407 e. The summed E-state index contributed by atoms with van der Waals surface area (Å²) < 4.78 is 0. The van der Waals surface area contributed by atoms with Crippen LogP contribution in [0.2, 0.25) is 0 Å². The largest absolute Gasteiger partial charge is 0.371 e. The average molecular weight is 308 g/mol. The van der Waals surface area contributed by atoms with Crippen molar-refractivity contribution in [2.75, 3.05) is 18.0 Å². The molecule has 1 heterocycles. The monoisotopic (exact) mass is 307 g/mol. The van der Waals surface area contributed by atoms with Crippen LogP contribution in [0.3, 0.4) is 0 Å². The second kappa shape index (κ2) is 5.64. The van der Waals surface area contributed by atoms with Crippen molar-refractivity contribution in [3.8, 4) is 0 Å². The molecule has 18 heavy (non-hydrogen) atoms. The first kappa shape index (κ1) is 12.5. The van der Waals surface area contributed by atoms with Gasteiger partial charge in [-0.2, -0.15) is 0 Å². The number of halogens is 1. The normalized spacial score (nSPS) is 27.9. The second-order valence-corrected chi connectivity index (χ2v) is 6.36. The maximum atomic E-state index is 3.62. The number of fused-ring (bicyclic) bond motifs is 1. The molecule has 1 aliphatic heterocycles. The number of piperidine rings is 1. The summed E-state index contributed by atoms with van der Waals surface area (Å²) in [5.41, 5.74) is 2.89. The molecule has 0 N–H and O–H groups in total. The molecule has 0 amide bonds. The van der Waals surface area contributed by atoms with Crippen molar-refractivity contribution in [1.82, 2.24) is 0 Å². The Balaban J connectivity index is 1.77. The maximum absolute atomic E-state index is 3.62. The van der Waals surface area contributed by atoms with E-state index in [-0.39, 0.29) is 0 Å². The number of benzene rings is 1. The van der Waals surface area contributed by atoms with Crippen LogP contribution in [0.15, 0.2) is 24.3 Å². The summed E-state index contributed by atoms with van der Waals surface area (Å²) in [7, 11) is 0. The van der Waals surface area contributed by atoms with Gasteiger partial charge in [0.15, 0.2) is 0 Å². The third-order valence-electron chi connectivity index (χ3n) is 4.77. The molecular weight excluding hydrogens is 286 g/mol. The van der Waals surface area contributed by atoms with Crippen LogP contribution >= 0.6 is 15.9 Å². The average Bonchev–Trinajstić information content (AvgIpc) is 2.46. The number of rotatable bonds is 2. The van der Waals surface area contributed by atoms with Gasteiger partial charge in [0.1, 0.15) is 0 Å². The van der Waals surface area contributed by atoms with Gasteiger partial charge in [0, 0.05) is 24.1 Å². The molecule has 2 atom stereocenters. The Morgan fingerprint density at radius 1 is 1.06 bits per heavy atom. The molecule has 0 aromatic heterocycles. The van der Waals surface area contributed by atoms with Gasteiger partial charge in [-0.3, -0.25) is 0 Å². The molecule has 0 radical (unpaired) electrons. The SMILES string of the molecule is BrCc1ccccc1N1CCC2CCCCC2C1. The van der Waals surface area contributed by atoms with Crippen molar-refractivity contribution in [2.45, 2.75) is 37.4 Å². The van der Waals surface area contributed by atoms with Crippen molar-refractivity contribution >= 4 is 21.6 Å². The molecule has 1 saturated carbocycles. The summed E-state index contributed by atoms with van der Waals surface area (Å²) in [6.45, 7) is 2.54. The molecule has 0 spiro atoms. The highest BCUT2D eigenvalue weighted by molar-refractivity contribution is 9.08. The van der Waals surface area contributed by atoms with E-state index in [9.17, 15) is 0 Å². The summed E-state index contributed by atoms with van der Waals surface area (Å²) in [5.74, 6) is 1.97. The lowest BCUT2D eigenvalue weighted by atomic mass is 9.75. The zero-order valence-electron chi connectivity index (χ0n) is 10.9. The van der Waals surface area contributed by atoms with Crippen LogP contribution < -0.4 is 4.90 Å². The Kier molecular flexibility index (Phi) is 3.93. The molecule has 2 aliphatic rings. The third kappa shape index (κ3) is 2.45. The third-order valence-corrected chi connectivity index (χ3v) is 5.37. The highest BCUT2D eigenvalue weighted by atomic mass is 79.9. The van der Waals surface area contributed by atoms with Crippen LogP contribution in [0.25, 0.3) is 0 Å². The molecular formula is C16H22BrN. The van der Waals surface area contributed by atoms with E-state index >= 15 is 0 Å². The molecule has 2 unspecified atom stereocenters. The van der Waals surface area contributed by atoms with Crippen molar-refractivity contribution in [1.29, 1.82) is 0 Å². The summed E-state index contributed by atoms with van der Waals surface area (Å²) in [5, 5.41) is 0.966. The highest BCUT2D eigenvalue weighted by Gasteiger charge is 2.31. The van der Waals surface area contributed by atoms with E-state index in [1.54, 1.807) is 0 Å². The smallest absolute Gasteiger partial charge is 0.0407 e. The van der Waals surface area contributed by atoms with Gasteiger partial charge in [-0.05, 0) is 36.3 Å². The topological polar surface area (TPSA) is 3.24 Å². The van der Waals surface area contributed by atoms with Crippen LogP contribution in [0.5, 0.6) is 0 Å². The lowest BCUT2D eigenvalue weighted by Crippen LogP contribution is -2.42. The lowest BCUT2D eigenvalue weighted by Gasteiger charge is -2.42. The minimum absolute atomic E-state index is 0.955. The molecule has 1 nitrogen and oxygen atoms in total. The van der Waals surface area contributed by atoms with E-state index in [1.807, 2.05) is 0 Å². The van der Waals surface area contributed by atoms with Gasteiger partial charge in [0.05, 0.1) is 0 Å². The molecule has 0 bridgehead atoms. The molecule has 98 valence electrons. The van der Waals surface area contributed by atoms with E-state index < -0.39 is 0 Å². The quantitative estimate of drug-likeness (QED) is 0.722. The first-order valence-electron chi connectivity index (χ1n) is 7.27. The Labute approximate surface area is 119 Å². The fourth-order valence-electron chi connectivity index (χ4n) is 3.75. The van der Waals surface area contributed by atoms with E-state index in [0.717, 1.165) is 17.2 Å². The van der Waals surface area contributed by atoms with Gasteiger partial charge in [-0.1, -0.05) is 53.4 Å². The predicted molar refractivity (Wildman–Crippen MR) is 81.4 cm³/mol. The van der Waals surface area contributed by atoms with Crippen LogP contribution in [0, 0.1) is 11.8 Å². The molecule has 3 rings (SSSR count). The van der Waals surface area contributed by atoms with Crippen LogP contribution in [0.1, 0.15) is 37.7 Å². The van der Waals surface area contributed by atoms with Crippen LogP contribution in [0.4, 0.5) is 5.69 Å². The minimum Gasteiger partial charge on any atom is -0.371 e. The molecule has 2 fully saturated rings. The summed E-state index contributed by atoms with van der Waals surface area (Å²) in [6.07, 6.45) is 7.27. The van der Waals surface area contributed by atoms with E-state index in [0.29, 0.717) is 0 Å². The number of alkyl halides is 1. The summed E-state index contributed by atoms with van der Waals surface area (Å²) >= 11 is 3.62. The van der Waals surface area contributed by atoms with E-state index in [1.165, 1.54) is 56.4 Å². The van der Waals surface area contributed by atoms with Gasteiger partial charge in [0.2, 0.25) is 0 Å². The summed E-state index contributed by atoms with van der Waals surface area (Å²) in [6, 6.07) is 8.86. The van der Waals surface area contributed by atoms with Crippen LogP contribution in [-0.4, -0.2) is 13.1 Å². The molecule has 1 aromatic rings. The van der Waals surface area contributed by atoms with Crippen molar-refractivity contribution < 1.29 is 0 Å². The second-order valence-electron chi connectivity index (χ2n) is 5.80. The van der Waals surface area contributed by atoms with Crippen molar-refractivity contribution in [3.05, 3.63) is 29.8 Å². The molecule has 1 aromatic carbocycles. The standard InChI is InChI=1S/C16H22BrN/c17-11-14-6-3-4-8-16(14)18-10-9-13-5-1-2-7-15(13)12-18/h3-4,6,8,13,15H,1-2,5,7,9-12H2.